The Balaban J connectivity index is 2.83. The molecule has 1 amide bonds. The number of phenolic OH excluding ortho intramolecular Hbond substituents is 2. The summed E-state index contributed by atoms with van der Waals surface area (Å²) in [5.74, 6) is -2.62. The van der Waals surface area contributed by atoms with E-state index in [4.69, 9.17) is 0 Å². The van der Waals surface area contributed by atoms with Crippen molar-refractivity contribution < 1.29 is 24.9 Å². The number of rotatable bonds is 2. The number of hydrogen-bond acceptors (Lipinski definition) is 4. The molecule has 24 heavy (non-hydrogen) atoms. The zero-order valence-electron chi connectivity index (χ0n) is 13.9. The third-order valence-electron chi connectivity index (χ3n) is 3.78. The van der Waals surface area contributed by atoms with Gasteiger partial charge in [0.2, 0.25) is 0 Å². The molecule has 0 aliphatic rings. The van der Waals surface area contributed by atoms with E-state index in [0.717, 1.165) is 4.90 Å². The summed E-state index contributed by atoms with van der Waals surface area (Å²) in [7, 11) is 0. The van der Waals surface area contributed by atoms with E-state index in [1.165, 1.54) is 24.3 Å². The number of carbonyl (C=O) groups excluding carboxylic acids is 1. The molecule has 2 aromatic carbocycles. The summed E-state index contributed by atoms with van der Waals surface area (Å²) in [6.07, 6.45) is 0. The number of hydrogen-bond donors (Lipinski definition) is 3. The summed E-state index contributed by atoms with van der Waals surface area (Å²) >= 11 is 0. The van der Waals surface area contributed by atoms with Gasteiger partial charge in [-0.2, -0.15) is 0 Å². The van der Waals surface area contributed by atoms with Crippen LogP contribution in [0.1, 0.15) is 22.3 Å². The van der Waals surface area contributed by atoms with E-state index >= 15 is 0 Å². The number of carboxylic acids is 1. The molecule has 6 nitrogen and oxygen atoms in total. The van der Waals surface area contributed by atoms with Crippen molar-refractivity contribution in [2.24, 2.45) is 0 Å². The molecule has 0 aromatic heterocycles. The van der Waals surface area contributed by atoms with Crippen LogP contribution in [0.4, 0.5) is 11.4 Å². The number of anilines is 2. The van der Waals surface area contributed by atoms with Crippen molar-refractivity contribution in [3.8, 4) is 11.5 Å². The van der Waals surface area contributed by atoms with Crippen molar-refractivity contribution in [2.45, 2.75) is 27.7 Å². The first-order valence-electron chi connectivity index (χ1n) is 7.31. The molecule has 2 rings (SSSR count). The topological polar surface area (TPSA) is 98.1 Å². The minimum Gasteiger partial charge on any atom is -0.508 e. The van der Waals surface area contributed by atoms with Crippen LogP contribution in [0.5, 0.6) is 11.5 Å². The molecule has 0 aliphatic carbocycles. The quantitative estimate of drug-likeness (QED) is 0.736. The maximum absolute atomic E-state index is 12.4. The van der Waals surface area contributed by atoms with E-state index in [0.29, 0.717) is 33.6 Å². The van der Waals surface area contributed by atoms with E-state index in [1.807, 2.05) is 0 Å². The first-order valence-corrected chi connectivity index (χ1v) is 7.31. The van der Waals surface area contributed by atoms with Crippen LogP contribution >= 0.6 is 0 Å². The zero-order chi connectivity index (χ0) is 18.2. The molecule has 0 atom stereocenters. The maximum Gasteiger partial charge on any atom is 0.395 e. The summed E-state index contributed by atoms with van der Waals surface area (Å²) < 4.78 is 0. The lowest BCUT2D eigenvalue weighted by molar-refractivity contribution is -0.148. The third kappa shape index (κ3) is 3.03. The van der Waals surface area contributed by atoms with Crippen LogP contribution in [0.15, 0.2) is 24.3 Å². The number of carboxylic acid groups (broad SMARTS) is 1. The van der Waals surface area contributed by atoms with Gasteiger partial charge in [-0.1, -0.05) is 0 Å². The summed E-state index contributed by atoms with van der Waals surface area (Å²) in [5, 5.41) is 28.7. The van der Waals surface area contributed by atoms with Crippen molar-refractivity contribution in [1.82, 2.24) is 0 Å². The molecule has 0 unspecified atom stereocenters. The van der Waals surface area contributed by atoms with E-state index in [-0.39, 0.29) is 11.5 Å². The third-order valence-corrected chi connectivity index (χ3v) is 3.78. The Morgan fingerprint density at radius 2 is 1.04 bits per heavy atom. The molecule has 0 saturated heterocycles. The Morgan fingerprint density at radius 3 is 1.29 bits per heavy atom. The number of nitrogens with zero attached hydrogens (tertiary/aromatic N) is 1. The highest BCUT2D eigenvalue weighted by molar-refractivity contribution is 6.39. The predicted molar refractivity (Wildman–Crippen MR) is 89.9 cm³/mol. The van der Waals surface area contributed by atoms with Crippen LogP contribution in [0, 0.1) is 27.7 Å². The average Bonchev–Trinajstić information content (AvgIpc) is 2.42. The molecular weight excluding hydrogens is 310 g/mol. The van der Waals surface area contributed by atoms with Gasteiger partial charge in [0.15, 0.2) is 0 Å². The molecule has 0 spiro atoms. The van der Waals surface area contributed by atoms with Gasteiger partial charge in [0.05, 0.1) is 11.4 Å². The molecule has 6 heteroatoms. The zero-order valence-corrected chi connectivity index (χ0v) is 13.9. The first kappa shape index (κ1) is 17.3. The second-order valence-corrected chi connectivity index (χ2v) is 5.80. The smallest absolute Gasteiger partial charge is 0.395 e. The Hall–Kier alpha value is -3.02. The molecule has 0 heterocycles. The number of amides is 1. The molecule has 3 N–H and O–H groups in total. The lowest BCUT2D eigenvalue weighted by Gasteiger charge is -2.28. The normalized spacial score (nSPS) is 10.5. The standard InChI is InChI=1S/C18H19NO5/c1-9-5-13(20)6-10(2)15(9)19(17(22)18(23)24)16-11(3)7-14(21)8-12(16)4/h5-8,20-21H,1-4H3,(H,23,24). The maximum atomic E-state index is 12.4. The highest BCUT2D eigenvalue weighted by Gasteiger charge is 2.29. The van der Waals surface area contributed by atoms with E-state index in [9.17, 15) is 24.9 Å². The Labute approximate surface area is 139 Å². The van der Waals surface area contributed by atoms with Crippen LogP contribution in [0.25, 0.3) is 0 Å². The fourth-order valence-electron chi connectivity index (χ4n) is 2.98. The van der Waals surface area contributed by atoms with Crippen molar-refractivity contribution >= 4 is 23.3 Å². The van der Waals surface area contributed by atoms with Gasteiger partial charge >= 0.3 is 11.9 Å². The van der Waals surface area contributed by atoms with Crippen LogP contribution in [-0.2, 0) is 9.59 Å². The first-order chi connectivity index (χ1) is 11.1. The van der Waals surface area contributed by atoms with Crippen LogP contribution in [0.2, 0.25) is 0 Å². The number of phenols is 2. The fourth-order valence-corrected chi connectivity index (χ4v) is 2.98. The number of aryl methyl sites for hydroxylation is 4. The SMILES string of the molecule is Cc1cc(O)cc(C)c1N(C(=O)C(=O)O)c1c(C)cc(O)cc1C. The van der Waals surface area contributed by atoms with Crippen LogP contribution < -0.4 is 4.90 Å². The molecule has 0 fully saturated rings. The molecule has 126 valence electrons. The van der Waals surface area contributed by atoms with E-state index < -0.39 is 11.9 Å². The van der Waals surface area contributed by atoms with Gasteiger partial charge in [-0.15, -0.1) is 0 Å². The summed E-state index contributed by atoms with van der Waals surface area (Å²) in [6, 6.07) is 5.87. The highest BCUT2D eigenvalue weighted by atomic mass is 16.4. The largest absolute Gasteiger partial charge is 0.508 e. The number of carbonyl (C=O) groups is 2. The van der Waals surface area contributed by atoms with Crippen molar-refractivity contribution in [3.05, 3.63) is 46.5 Å². The molecule has 0 saturated carbocycles. The average molecular weight is 329 g/mol. The van der Waals surface area contributed by atoms with Gasteiger partial charge in [-0.3, -0.25) is 9.69 Å². The molecule has 0 aliphatic heterocycles. The molecule has 0 bridgehead atoms. The number of aliphatic carboxylic acids is 1. The lowest BCUT2D eigenvalue weighted by atomic mass is 10.0. The fraction of sp³-hybridized carbons (Fsp3) is 0.222. The van der Waals surface area contributed by atoms with Crippen molar-refractivity contribution in [1.29, 1.82) is 0 Å². The highest BCUT2D eigenvalue weighted by Crippen LogP contribution is 2.38. The molecule has 0 radical (unpaired) electrons. The second kappa shape index (κ2) is 6.23. The number of aromatic hydroxyl groups is 2. The van der Waals surface area contributed by atoms with E-state index in [1.54, 1.807) is 27.7 Å². The van der Waals surface area contributed by atoms with Crippen molar-refractivity contribution in [2.75, 3.05) is 4.90 Å². The van der Waals surface area contributed by atoms with Gasteiger partial charge in [-0.05, 0) is 74.2 Å². The van der Waals surface area contributed by atoms with Gasteiger partial charge in [0, 0.05) is 0 Å². The van der Waals surface area contributed by atoms with Gasteiger partial charge in [0.25, 0.3) is 0 Å². The summed E-state index contributed by atoms with van der Waals surface area (Å²) in [5.41, 5.74) is 3.06. The van der Waals surface area contributed by atoms with Crippen molar-refractivity contribution in [3.63, 3.8) is 0 Å². The minimum absolute atomic E-state index is 0.0376. The lowest BCUT2D eigenvalue weighted by Crippen LogP contribution is -2.34. The van der Waals surface area contributed by atoms with Gasteiger partial charge < -0.3 is 15.3 Å². The molecule has 2 aromatic rings. The summed E-state index contributed by atoms with van der Waals surface area (Å²) in [6.45, 7) is 6.76. The monoisotopic (exact) mass is 329 g/mol. The Morgan fingerprint density at radius 1 is 0.750 bits per heavy atom. The minimum atomic E-state index is -1.59. The Bertz CT molecular complexity index is 738. The van der Waals surface area contributed by atoms with Crippen LogP contribution in [0.3, 0.4) is 0 Å². The molecular formula is C18H19NO5. The summed E-state index contributed by atoms with van der Waals surface area (Å²) in [4.78, 5) is 24.9. The van der Waals surface area contributed by atoms with E-state index in [2.05, 4.69) is 0 Å². The van der Waals surface area contributed by atoms with Crippen LogP contribution in [-0.4, -0.2) is 27.2 Å². The number of benzene rings is 2. The second-order valence-electron chi connectivity index (χ2n) is 5.80. The van der Waals surface area contributed by atoms with Gasteiger partial charge in [-0.25, -0.2) is 4.79 Å². The Kier molecular flexibility index (Phi) is 4.50. The predicted octanol–water partition coefficient (Wildman–Crippen LogP) is 3.08. The van der Waals surface area contributed by atoms with Gasteiger partial charge in [0.1, 0.15) is 11.5 Å².